The van der Waals surface area contributed by atoms with Gasteiger partial charge in [0.1, 0.15) is 12.4 Å². The van der Waals surface area contributed by atoms with Gasteiger partial charge in [-0.15, -0.1) is 10.2 Å². The summed E-state index contributed by atoms with van der Waals surface area (Å²) in [5.41, 5.74) is 0.429. The number of benzene rings is 2. The van der Waals surface area contributed by atoms with Gasteiger partial charge in [0, 0.05) is 35.5 Å². The summed E-state index contributed by atoms with van der Waals surface area (Å²) in [6.07, 6.45) is 0. The molecule has 0 spiro atoms. The Morgan fingerprint density at radius 1 is 1.23 bits per heavy atom. The van der Waals surface area contributed by atoms with E-state index in [0.717, 1.165) is 0 Å². The van der Waals surface area contributed by atoms with Crippen LogP contribution in [0.5, 0.6) is 5.75 Å². The van der Waals surface area contributed by atoms with Crippen LogP contribution in [0.1, 0.15) is 12.7 Å². The van der Waals surface area contributed by atoms with E-state index < -0.39 is 4.92 Å². The van der Waals surface area contributed by atoms with Gasteiger partial charge in [0.25, 0.3) is 5.69 Å². The highest BCUT2D eigenvalue weighted by molar-refractivity contribution is 7.99. The van der Waals surface area contributed by atoms with E-state index >= 15 is 0 Å². The number of carbonyl (C=O) groups is 1. The normalized spacial score (nSPS) is 10.7. The van der Waals surface area contributed by atoms with Gasteiger partial charge in [-0.2, -0.15) is 0 Å². The number of nitrogens with one attached hydrogen (secondary N) is 1. The molecule has 12 heteroatoms. The molecule has 1 amide bonds. The van der Waals surface area contributed by atoms with Crippen LogP contribution in [0.25, 0.3) is 0 Å². The van der Waals surface area contributed by atoms with Gasteiger partial charge in [0.2, 0.25) is 5.91 Å². The summed E-state index contributed by atoms with van der Waals surface area (Å²) in [5, 5.41) is 23.2. The second-order valence-corrected chi connectivity index (χ2v) is 7.93. The van der Waals surface area contributed by atoms with Crippen molar-refractivity contribution in [2.75, 3.05) is 11.1 Å². The molecule has 9 nitrogen and oxygen atoms in total. The van der Waals surface area contributed by atoms with Crippen molar-refractivity contribution in [2.24, 2.45) is 0 Å². The van der Waals surface area contributed by atoms with Crippen molar-refractivity contribution in [3.05, 3.63) is 68.4 Å². The van der Waals surface area contributed by atoms with Crippen LogP contribution in [0.2, 0.25) is 10.0 Å². The Bertz CT molecular complexity index is 1090. The molecule has 0 aliphatic heterocycles. The van der Waals surface area contributed by atoms with E-state index in [1.165, 1.54) is 36.0 Å². The SMILES string of the molecule is CCn1c(COc2cc(Cl)ccc2Cl)nnc1SCC(=O)Nc1ccc([N+](=O)[O-])cc1. The van der Waals surface area contributed by atoms with E-state index in [0.29, 0.717) is 39.0 Å². The largest absolute Gasteiger partial charge is 0.484 e. The van der Waals surface area contributed by atoms with Gasteiger partial charge in [0.15, 0.2) is 11.0 Å². The third-order valence-electron chi connectivity index (χ3n) is 4.05. The van der Waals surface area contributed by atoms with Crippen molar-refractivity contribution in [2.45, 2.75) is 25.2 Å². The number of aromatic nitrogens is 3. The number of nitrogens with zero attached hydrogens (tertiary/aromatic N) is 4. The first kappa shape index (κ1) is 22.9. The quantitative estimate of drug-likeness (QED) is 0.264. The first-order valence-corrected chi connectivity index (χ1v) is 10.8. The molecule has 0 unspecified atom stereocenters. The third kappa shape index (κ3) is 6.09. The molecular weight excluding hydrogens is 465 g/mol. The second-order valence-electron chi connectivity index (χ2n) is 6.15. The molecular formula is C19H17Cl2N5O4S. The van der Waals surface area contributed by atoms with Gasteiger partial charge >= 0.3 is 0 Å². The van der Waals surface area contributed by atoms with Crippen LogP contribution in [-0.2, 0) is 17.9 Å². The molecule has 0 saturated heterocycles. The molecule has 2 aromatic carbocycles. The molecule has 1 N–H and O–H groups in total. The number of ether oxygens (including phenoxy) is 1. The van der Waals surface area contributed by atoms with E-state index in [4.69, 9.17) is 27.9 Å². The van der Waals surface area contributed by atoms with Crippen LogP contribution < -0.4 is 10.1 Å². The number of hydrogen-bond acceptors (Lipinski definition) is 7. The van der Waals surface area contributed by atoms with Gasteiger partial charge in [0.05, 0.1) is 15.7 Å². The zero-order valence-electron chi connectivity index (χ0n) is 16.2. The Morgan fingerprint density at radius 2 is 1.97 bits per heavy atom. The Kier molecular flexibility index (Phi) is 7.72. The minimum absolute atomic E-state index is 0.0442. The van der Waals surface area contributed by atoms with E-state index in [-0.39, 0.29) is 24.0 Å². The number of nitro groups is 1. The second kappa shape index (κ2) is 10.5. The van der Waals surface area contributed by atoms with Crippen LogP contribution >= 0.6 is 35.0 Å². The number of anilines is 1. The molecule has 0 radical (unpaired) electrons. The summed E-state index contributed by atoms with van der Waals surface area (Å²) in [4.78, 5) is 22.4. The molecule has 1 aromatic heterocycles. The minimum Gasteiger partial charge on any atom is -0.484 e. The van der Waals surface area contributed by atoms with E-state index in [1.54, 1.807) is 18.2 Å². The first-order valence-electron chi connectivity index (χ1n) is 9.04. The van der Waals surface area contributed by atoms with E-state index in [9.17, 15) is 14.9 Å². The number of hydrogen-bond donors (Lipinski definition) is 1. The van der Waals surface area contributed by atoms with Gasteiger partial charge in [-0.3, -0.25) is 14.9 Å². The lowest BCUT2D eigenvalue weighted by molar-refractivity contribution is -0.384. The highest BCUT2D eigenvalue weighted by atomic mass is 35.5. The number of nitro benzene ring substituents is 1. The van der Waals surface area contributed by atoms with Crippen LogP contribution in [0.3, 0.4) is 0 Å². The number of halogens is 2. The summed E-state index contributed by atoms with van der Waals surface area (Å²) in [7, 11) is 0. The topological polar surface area (TPSA) is 112 Å². The lowest BCUT2D eigenvalue weighted by atomic mass is 10.3. The lowest BCUT2D eigenvalue weighted by Gasteiger charge is -2.10. The maximum atomic E-state index is 12.2. The van der Waals surface area contributed by atoms with Crippen molar-refractivity contribution in [1.82, 2.24) is 14.8 Å². The minimum atomic E-state index is -0.499. The molecule has 3 rings (SSSR count). The van der Waals surface area contributed by atoms with Crippen molar-refractivity contribution < 1.29 is 14.5 Å². The smallest absolute Gasteiger partial charge is 0.269 e. The highest BCUT2D eigenvalue weighted by Gasteiger charge is 2.15. The predicted octanol–water partition coefficient (Wildman–Crippen LogP) is 4.82. The summed E-state index contributed by atoms with van der Waals surface area (Å²) in [5.74, 6) is 0.845. The fourth-order valence-corrected chi connectivity index (χ4v) is 3.73. The molecule has 31 heavy (non-hydrogen) atoms. The Balaban J connectivity index is 1.58. The number of rotatable bonds is 9. The zero-order valence-corrected chi connectivity index (χ0v) is 18.6. The molecule has 0 fully saturated rings. The maximum Gasteiger partial charge on any atom is 0.269 e. The Hall–Kier alpha value is -2.82. The number of amides is 1. The number of carbonyl (C=O) groups excluding carboxylic acids is 1. The molecule has 162 valence electrons. The molecule has 0 saturated carbocycles. The summed E-state index contributed by atoms with van der Waals surface area (Å²) >= 11 is 13.3. The fraction of sp³-hybridized carbons (Fsp3) is 0.211. The van der Waals surface area contributed by atoms with Crippen molar-refractivity contribution in [1.29, 1.82) is 0 Å². The van der Waals surface area contributed by atoms with Crippen LogP contribution in [0, 0.1) is 10.1 Å². The molecule has 0 bridgehead atoms. The highest BCUT2D eigenvalue weighted by Crippen LogP contribution is 2.28. The predicted molar refractivity (Wildman–Crippen MR) is 119 cm³/mol. The van der Waals surface area contributed by atoms with Crippen LogP contribution in [0.4, 0.5) is 11.4 Å². The average Bonchev–Trinajstić information content (AvgIpc) is 3.15. The van der Waals surface area contributed by atoms with Gasteiger partial charge in [-0.05, 0) is 31.2 Å². The standard InChI is InChI=1S/C19H17Cl2N5O4S/c1-2-25-17(10-30-16-9-12(20)3-8-15(16)21)23-24-19(25)31-11-18(27)22-13-4-6-14(7-5-13)26(28)29/h3-9H,2,10-11H2,1H3,(H,22,27). The van der Waals surface area contributed by atoms with E-state index in [2.05, 4.69) is 15.5 Å². The Morgan fingerprint density at radius 3 is 2.65 bits per heavy atom. The fourth-order valence-electron chi connectivity index (χ4n) is 2.57. The molecule has 3 aromatic rings. The first-order chi connectivity index (χ1) is 14.9. The monoisotopic (exact) mass is 481 g/mol. The molecule has 0 atom stereocenters. The molecule has 0 aliphatic carbocycles. The summed E-state index contributed by atoms with van der Waals surface area (Å²) in [6.45, 7) is 2.65. The van der Waals surface area contributed by atoms with Crippen molar-refractivity contribution in [3.63, 3.8) is 0 Å². The van der Waals surface area contributed by atoms with Crippen molar-refractivity contribution in [3.8, 4) is 5.75 Å². The van der Waals surface area contributed by atoms with Gasteiger partial charge < -0.3 is 14.6 Å². The average molecular weight is 482 g/mol. The number of non-ortho nitro benzene ring substituents is 1. The van der Waals surface area contributed by atoms with Crippen LogP contribution in [0.15, 0.2) is 47.6 Å². The van der Waals surface area contributed by atoms with Gasteiger partial charge in [-0.25, -0.2) is 0 Å². The maximum absolute atomic E-state index is 12.2. The molecule has 1 heterocycles. The molecule has 0 aliphatic rings. The summed E-state index contributed by atoms with van der Waals surface area (Å²) < 4.78 is 7.55. The lowest BCUT2D eigenvalue weighted by Crippen LogP contribution is -2.15. The van der Waals surface area contributed by atoms with Crippen LogP contribution in [-0.4, -0.2) is 31.3 Å². The third-order valence-corrected chi connectivity index (χ3v) is 5.57. The Labute approximate surface area is 191 Å². The van der Waals surface area contributed by atoms with Crippen molar-refractivity contribution >= 4 is 52.2 Å². The van der Waals surface area contributed by atoms with E-state index in [1.807, 2.05) is 11.5 Å². The van der Waals surface area contributed by atoms with Gasteiger partial charge in [-0.1, -0.05) is 35.0 Å². The summed E-state index contributed by atoms with van der Waals surface area (Å²) in [6, 6.07) is 10.5. The number of thioether (sulfide) groups is 1. The zero-order chi connectivity index (χ0) is 22.4.